The Morgan fingerprint density at radius 2 is 1.68 bits per heavy atom. The number of carbonyl (C=O) groups is 1. The summed E-state index contributed by atoms with van der Waals surface area (Å²) in [7, 11) is 0. The van der Waals surface area contributed by atoms with Crippen molar-refractivity contribution >= 4 is 17.3 Å². The van der Waals surface area contributed by atoms with Gasteiger partial charge in [0.25, 0.3) is 5.91 Å². The van der Waals surface area contributed by atoms with Crippen molar-refractivity contribution in [2.45, 2.75) is 6.92 Å². The van der Waals surface area contributed by atoms with E-state index in [0.717, 1.165) is 5.56 Å². The van der Waals surface area contributed by atoms with Crippen LogP contribution in [0.3, 0.4) is 0 Å². The zero-order valence-electron chi connectivity index (χ0n) is 10.6. The van der Waals surface area contributed by atoms with Gasteiger partial charge in [0.15, 0.2) is 0 Å². The lowest BCUT2D eigenvalue weighted by Gasteiger charge is -2.05. The molecule has 0 aromatic heterocycles. The largest absolute Gasteiger partial charge is 0.398 e. The summed E-state index contributed by atoms with van der Waals surface area (Å²) in [4.78, 5) is 11.8. The van der Waals surface area contributed by atoms with Crippen molar-refractivity contribution in [3.05, 3.63) is 65.7 Å². The van der Waals surface area contributed by atoms with Gasteiger partial charge in [-0.3, -0.25) is 4.79 Å². The number of anilines is 1. The van der Waals surface area contributed by atoms with E-state index >= 15 is 0 Å². The minimum Gasteiger partial charge on any atom is -0.398 e. The van der Waals surface area contributed by atoms with Crippen LogP contribution in [0.2, 0.25) is 0 Å². The molecule has 0 aliphatic rings. The maximum Gasteiger partial charge on any atom is 0.271 e. The fraction of sp³-hybridized carbons (Fsp3) is 0.0667. The number of hydrogen-bond acceptors (Lipinski definition) is 3. The molecule has 0 unspecified atom stereocenters. The second-order valence-corrected chi connectivity index (χ2v) is 4.09. The van der Waals surface area contributed by atoms with Crippen molar-refractivity contribution < 1.29 is 4.79 Å². The maximum absolute atomic E-state index is 11.8. The van der Waals surface area contributed by atoms with Crippen LogP contribution >= 0.6 is 0 Å². The van der Waals surface area contributed by atoms with Crippen LogP contribution in [0.1, 0.15) is 22.8 Å². The van der Waals surface area contributed by atoms with Gasteiger partial charge in [0.2, 0.25) is 0 Å². The first-order chi connectivity index (χ1) is 9.18. The van der Waals surface area contributed by atoms with E-state index in [1.165, 1.54) is 0 Å². The number of hydrogen-bond donors (Lipinski definition) is 2. The molecule has 2 aromatic rings. The van der Waals surface area contributed by atoms with E-state index in [1.54, 1.807) is 37.3 Å². The molecule has 3 N–H and O–H groups in total. The van der Waals surface area contributed by atoms with E-state index in [-0.39, 0.29) is 5.91 Å². The molecular formula is C15H15N3O. The Labute approximate surface area is 112 Å². The first kappa shape index (κ1) is 12.8. The maximum atomic E-state index is 11.8. The highest BCUT2D eigenvalue weighted by Gasteiger charge is 2.05. The van der Waals surface area contributed by atoms with Crippen LogP contribution in [0.15, 0.2) is 59.7 Å². The van der Waals surface area contributed by atoms with Crippen LogP contribution in [0.4, 0.5) is 5.69 Å². The Morgan fingerprint density at radius 1 is 1.05 bits per heavy atom. The Kier molecular flexibility index (Phi) is 3.93. The zero-order chi connectivity index (χ0) is 13.7. The van der Waals surface area contributed by atoms with E-state index < -0.39 is 0 Å². The number of rotatable bonds is 3. The third-order valence-corrected chi connectivity index (χ3v) is 2.71. The molecule has 0 atom stereocenters. The van der Waals surface area contributed by atoms with Crippen molar-refractivity contribution in [2.24, 2.45) is 5.10 Å². The van der Waals surface area contributed by atoms with Crippen LogP contribution in [-0.2, 0) is 0 Å². The molecule has 0 bridgehead atoms. The van der Waals surface area contributed by atoms with Crippen LogP contribution < -0.4 is 11.2 Å². The van der Waals surface area contributed by atoms with Crippen LogP contribution in [0, 0.1) is 0 Å². The molecule has 0 aliphatic heterocycles. The van der Waals surface area contributed by atoms with Gasteiger partial charge in [-0.25, -0.2) is 5.43 Å². The number of benzene rings is 2. The molecule has 0 fully saturated rings. The first-order valence-electron chi connectivity index (χ1n) is 5.93. The van der Waals surface area contributed by atoms with Crippen molar-refractivity contribution in [1.82, 2.24) is 5.43 Å². The second kappa shape index (κ2) is 5.82. The highest BCUT2D eigenvalue weighted by atomic mass is 16.2. The summed E-state index contributed by atoms with van der Waals surface area (Å²) >= 11 is 0. The Bertz CT molecular complexity index is 606. The average Bonchev–Trinajstić information content (AvgIpc) is 2.46. The van der Waals surface area contributed by atoms with Crippen LogP contribution in [0.5, 0.6) is 0 Å². The topological polar surface area (TPSA) is 67.5 Å². The van der Waals surface area contributed by atoms with Crippen molar-refractivity contribution in [3.63, 3.8) is 0 Å². The van der Waals surface area contributed by atoms with Gasteiger partial charge in [0.05, 0.1) is 5.71 Å². The van der Waals surface area contributed by atoms with Gasteiger partial charge in [-0.15, -0.1) is 0 Å². The molecule has 0 saturated heterocycles. The lowest BCUT2D eigenvalue weighted by Crippen LogP contribution is -2.19. The highest BCUT2D eigenvalue weighted by Crippen LogP contribution is 2.11. The Morgan fingerprint density at radius 3 is 2.37 bits per heavy atom. The predicted octanol–water partition coefficient (Wildman–Crippen LogP) is 2.42. The predicted molar refractivity (Wildman–Crippen MR) is 77.0 cm³/mol. The molecule has 0 aliphatic carbocycles. The molecule has 1 amide bonds. The van der Waals surface area contributed by atoms with E-state index in [4.69, 9.17) is 5.73 Å². The lowest BCUT2D eigenvalue weighted by atomic mass is 10.1. The molecule has 0 spiro atoms. The Balaban J connectivity index is 2.11. The van der Waals surface area contributed by atoms with Gasteiger partial charge in [-0.2, -0.15) is 5.10 Å². The number of nitrogen functional groups attached to an aromatic ring is 1. The third-order valence-electron chi connectivity index (χ3n) is 2.71. The summed E-state index contributed by atoms with van der Waals surface area (Å²) in [5.74, 6) is -0.241. The number of nitrogens with zero attached hydrogens (tertiary/aromatic N) is 1. The van der Waals surface area contributed by atoms with Gasteiger partial charge >= 0.3 is 0 Å². The van der Waals surface area contributed by atoms with E-state index in [2.05, 4.69) is 10.5 Å². The van der Waals surface area contributed by atoms with E-state index in [0.29, 0.717) is 17.0 Å². The van der Waals surface area contributed by atoms with Crippen molar-refractivity contribution in [1.29, 1.82) is 0 Å². The van der Waals surface area contributed by atoms with Gasteiger partial charge in [-0.1, -0.05) is 36.4 Å². The molecular weight excluding hydrogens is 238 g/mol. The van der Waals surface area contributed by atoms with Crippen molar-refractivity contribution in [3.8, 4) is 0 Å². The summed E-state index contributed by atoms with van der Waals surface area (Å²) in [5.41, 5.74) is 11.1. The number of nitrogens with one attached hydrogen (secondary N) is 1. The molecule has 0 saturated carbocycles. The van der Waals surface area contributed by atoms with Gasteiger partial charge in [0, 0.05) is 16.8 Å². The summed E-state index contributed by atoms with van der Waals surface area (Å²) in [6.07, 6.45) is 0. The zero-order valence-corrected chi connectivity index (χ0v) is 10.6. The fourth-order valence-electron chi connectivity index (χ4n) is 1.68. The molecule has 4 heteroatoms. The fourth-order valence-corrected chi connectivity index (χ4v) is 1.68. The molecule has 2 rings (SSSR count). The summed E-state index contributed by atoms with van der Waals surface area (Å²) in [6, 6.07) is 16.3. The molecule has 19 heavy (non-hydrogen) atoms. The summed E-state index contributed by atoms with van der Waals surface area (Å²) < 4.78 is 0. The monoisotopic (exact) mass is 253 g/mol. The van der Waals surface area contributed by atoms with Crippen molar-refractivity contribution in [2.75, 3.05) is 5.73 Å². The van der Waals surface area contributed by atoms with Crippen LogP contribution in [0.25, 0.3) is 0 Å². The van der Waals surface area contributed by atoms with E-state index in [9.17, 15) is 4.79 Å². The number of nitrogens with two attached hydrogens (primary N) is 1. The average molecular weight is 253 g/mol. The normalized spacial score (nSPS) is 11.1. The van der Waals surface area contributed by atoms with Crippen LogP contribution in [-0.4, -0.2) is 11.6 Å². The van der Waals surface area contributed by atoms with E-state index in [1.807, 2.05) is 24.3 Å². The quantitative estimate of drug-likeness (QED) is 0.501. The number of para-hydroxylation sites is 1. The van der Waals surface area contributed by atoms with Gasteiger partial charge in [0.1, 0.15) is 0 Å². The second-order valence-electron chi connectivity index (χ2n) is 4.09. The van der Waals surface area contributed by atoms with Gasteiger partial charge < -0.3 is 5.73 Å². The standard InChI is InChI=1S/C15H15N3O/c1-11(13-9-5-6-10-14(13)16)17-18-15(19)12-7-3-2-4-8-12/h2-10H,16H2,1H3,(H,18,19)/b17-11-. The summed E-state index contributed by atoms with van der Waals surface area (Å²) in [5, 5.41) is 4.07. The smallest absolute Gasteiger partial charge is 0.271 e. The lowest BCUT2D eigenvalue weighted by molar-refractivity contribution is 0.0955. The number of amides is 1. The van der Waals surface area contributed by atoms with Gasteiger partial charge in [-0.05, 0) is 25.1 Å². The number of hydrazone groups is 1. The highest BCUT2D eigenvalue weighted by molar-refractivity contribution is 6.04. The Hall–Kier alpha value is -2.62. The first-order valence-corrected chi connectivity index (χ1v) is 5.93. The minimum atomic E-state index is -0.241. The molecule has 4 nitrogen and oxygen atoms in total. The number of carbonyl (C=O) groups excluding carboxylic acids is 1. The SMILES string of the molecule is C/C(=N/NC(=O)c1ccccc1)c1ccccc1N. The molecule has 2 aromatic carbocycles. The summed E-state index contributed by atoms with van der Waals surface area (Å²) in [6.45, 7) is 1.80. The molecule has 0 radical (unpaired) electrons. The molecule has 96 valence electrons. The molecule has 0 heterocycles. The third kappa shape index (κ3) is 3.19. The minimum absolute atomic E-state index is 0.241.